The van der Waals surface area contributed by atoms with E-state index < -0.39 is 0 Å². The maximum atomic E-state index is 12.6. The predicted molar refractivity (Wildman–Crippen MR) is 106 cm³/mol. The molecule has 0 saturated heterocycles. The van der Waals surface area contributed by atoms with E-state index in [-0.39, 0.29) is 12.1 Å². The predicted octanol–water partition coefficient (Wildman–Crippen LogP) is 3.57. The number of rotatable bonds is 8. The molecule has 2 aromatic rings. The molecule has 0 fully saturated rings. The minimum absolute atomic E-state index is 0.0223. The number of hydrogen-bond donors (Lipinski definition) is 1. The van der Waals surface area contributed by atoms with Crippen molar-refractivity contribution in [2.75, 3.05) is 20.8 Å². The highest BCUT2D eigenvalue weighted by atomic mass is 16.5. The minimum atomic E-state index is -0.138. The topological polar surface area (TPSA) is 63.7 Å². The van der Waals surface area contributed by atoms with E-state index >= 15 is 0 Å². The number of carbonyl (C=O) groups is 1. The van der Waals surface area contributed by atoms with E-state index in [1.165, 1.54) is 0 Å². The zero-order valence-electron chi connectivity index (χ0n) is 16.8. The van der Waals surface area contributed by atoms with Gasteiger partial charge in [0.2, 0.25) is 0 Å². The van der Waals surface area contributed by atoms with Crippen LogP contribution in [0.3, 0.4) is 0 Å². The van der Waals surface area contributed by atoms with E-state index in [1.807, 2.05) is 57.2 Å². The smallest absolute Gasteiger partial charge is 0.317 e. The largest absolute Gasteiger partial charge is 0.493 e. The number of aromatic nitrogens is 1. The molecule has 1 atom stereocenters. The van der Waals surface area contributed by atoms with Gasteiger partial charge >= 0.3 is 6.03 Å². The second-order valence-corrected chi connectivity index (χ2v) is 6.56. The molecule has 0 radical (unpaired) electrons. The summed E-state index contributed by atoms with van der Waals surface area (Å²) in [6.45, 7) is 6.82. The van der Waals surface area contributed by atoms with Crippen molar-refractivity contribution < 1.29 is 14.3 Å². The third kappa shape index (κ3) is 5.88. The molecule has 2 amide bonds. The SMILES string of the molecule is CCOc1c(CN(C)C(=O)N[C@@H](C)Cc2cccc(C)n2)cccc1OC. The van der Waals surface area contributed by atoms with Gasteiger partial charge in [-0.2, -0.15) is 0 Å². The highest BCUT2D eigenvalue weighted by Gasteiger charge is 2.17. The number of pyridine rings is 1. The Morgan fingerprint density at radius 2 is 2.00 bits per heavy atom. The number of para-hydroxylation sites is 1. The Kier molecular flexibility index (Phi) is 7.46. The van der Waals surface area contributed by atoms with Gasteiger partial charge in [0, 0.05) is 36.5 Å². The first kappa shape index (κ1) is 20.6. The van der Waals surface area contributed by atoms with Crippen molar-refractivity contribution in [3.05, 3.63) is 53.3 Å². The van der Waals surface area contributed by atoms with Crippen LogP contribution in [0.25, 0.3) is 0 Å². The lowest BCUT2D eigenvalue weighted by Crippen LogP contribution is -2.42. The summed E-state index contributed by atoms with van der Waals surface area (Å²) in [4.78, 5) is 18.7. The monoisotopic (exact) mass is 371 g/mol. The molecule has 1 heterocycles. The maximum absolute atomic E-state index is 12.6. The number of hydrogen-bond acceptors (Lipinski definition) is 4. The van der Waals surface area contributed by atoms with Crippen LogP contribution in [0.2, 0.25) is 0 Å². The fourth-order valence-corrected chi connectivity index (χ4v) is 2.88. The Balaban J connectivity index is 1.99. The van der Waals surface area contributed by atoms with Gasteiger partial charge in [-0.1, -0.05) is 18.2 Å². The molecule has 1 aromatic heterocycles. The Bertz CT molecular complexity index is 764. The van der Waals surface area contributed by atoms with Gasteiger partial charge in [0.05, 0.1) is 20.3 Å². The first-order valence-corrected chi connectivity index (χ1v) is 9.17. The van der Waals surface area contributed by atoms with Crippen LogP contribution in [0.15, 0.2) is 36.4 Å². The zero-order valence-corrected chi connectivity index (χ0v) is 16.8. The van der Waals surface area contributed by atoms with Crippen molar-refractivity contribution >= 4 is 6.03 Å². The molecule has 27 heavy (non-hydrogen) atoms. The molecular formula is C21H29N3O3. The third-order valence-corrected chi connectivity index (χ3v) is 4.15. The van der Waals surface area contributed by atoms with E-state index in [1.54, 1.807) is 19.1 Å². The highest BCUT2D eigenvalue weighted by Crippen LogP contribution is 2.31. The molecule has 6 heteroatoms. The summed E-state index contributed by atoms with van der Waals surface area (Å²) >= 11 is 0. The molecule has 146 valence electrons. The van der Waals surface area contributed by atoms with Crippen molar-refractivity contribution in [3.63, 3.8) is 0 Å². The molecule has 6 nitrogen and oxygen atoms in total. The molecule has 0 saturated carbocycles. The lowest BCUT2D eigenvalue weighted by molar-refractivity contribution is 0.202. The van der Waals surface area contributed by atoms with Crippen LogP contribution < -0.4 is 14.8 Å². The Hall–Kier alpha value is -2.76. The number of amides is 2. The molecule has 1 N–H and O–H groups in total. The van der Waals surface area contributed by atoms with Gasteiger partial charge in [-0.3, -0.25) is 4.98 Å². The first-order chi connectivity index (χ1) is 12.9. The average molecular weight is 371 g/mol. The highest BCUT2D eigenvalue weighted by molar-refractivity contribution is 5.74. The Morgan fingerprint density at radius 3 is 2.67 bits per heavy atom. The number of methoxy groups -OCH3 is 1. The molecule has 0 aliphatic rings. The van der Waals surface area contributed by atoms with Crippen molar-refractivity contribution in [1.82, 2.24) is 15.2 Å². The molecule has 0 aliphatic carbocycles. The second-order valence-electron chi connectivity index (χ2n) is 6.56. The number of nitrogens with one attached hydrogen (secondary N) is 1. The molecule has 2 rings (SSSR count). The van der Waals surface area contributed by atoms with Gasteiger partial charge in [-0.05, 0) is 39.0 Å². The fraction of sp³-hybridized carbons (Fsp3) is 0.429. The summed E-state index contributed by atoms with van der Waals surface area (Å²) in [7, 11) is 3.38. The van der Waals surface area contributed by atoms with Crippen LogP contribution in [0.5, 0.6) is 11.5 Å². The Labute approximate surface area is 161 Å². The van der Waals surface area contributed by atoms with Gasteiger partial charge in [-0.15, -0.1) is 0 Å². The summed E-state index contributed by atoms with van der Waals surface area (Å²) in [6, 6.07) is 11.5. The molecule has 0 aliphatic heterocycles. The fourth-order valence-electron chi connectivity index (χ4n) is 2.88. The van der Waals surface area contributed by atoms with Crippen molar-refractivity contribution in [2.24, 2.45) is 0 Å². The summed E-state index contributed by atoms with van der Waals surface area (Å²) in [6.07, 6.45) is 0.685. The molecule has 1 aromatic carbocycles. The molecule has 0 spiro atoms. The number of urea groups is 1. The van der Waals surface area contributed by atoms with E-state index in [2.05, 4.69) is 10.3 Å². The van der Waals surface area contributed by atoms with E-state index in [0.717, 1.165) is 17.0 Å². The van der Waals surface area contributed by atoms with Gasteiger partial charge in [0.1, 0.15) is 0 Å². The normalized spacial score (nSPS) is 11.6. The van der Waals surface area contributed by atoms with Crippen molar-refractivity contribution in [3.8, 4) is 11.5 Å². The van der Waals surface area contributed by atoms with Gasteiger partial charge in [0.25, 0.3) is 0 Å². The second kappa shape index (κ2) is 9.80. The van der Waals surface area contributed by atoms with Crippen LogP contribution in [-0.2, 0) is 13.0 Å². The van der Waals surface area contributed by atoms with Crippen LogP contribution in [0, 0.1) is 6.92 Å². The van der Waals surface area contributed by atoms with E-state index in [4.69, 9.17) is 9.47 Å². The lowest BCUT2D eigenvalue weighted by Gasteiger charge is -2.23. The summed E-state index contributed by atoms with van der Waals surface area (Å²) < 4.78 is 11.1. The number of ether oxygens (including phenoxy) is 2. The number of aryl methyl sites for hydroxylation is 1. The van der Waals surface area contributed by atoms with Gasteiger partial charge in [-0.25, -0.2) is 4.79 Å². The van der Waals surface area contributed by atoms with Crippen LogP contribution in [0.1, 0.15) is 30.8 Å². The number of benzene rings is 1. The zero-order chi connectivity index (χ0) is 19.8. The van der Waals surface area contributed by atoms with E-state index in [0.29, 0.717) is 31.1 Å². The standard InChI is InChI=1S/C21H29N3O3/c1-6-27-20-17(10-8-12-19(20)26-5)14-24(4)21(25)23-16(3)13-18-11-7-9-15(2)22-18/h7-12,16H,6,13-14H2,1-5H3,(H,23,25)/t16-/m0/s1. The quantitative estimate of drug-likeness (QED) is 0.770. The molecular weight excluding hydrogens is 342 g/mol. The maximum Gasteiger partial charge on any atom is 0.317 e. The third-order valence-electron chi connectivity index (χ3n) is 4.15. The number of carbonyl (C=O) groups excluding carboxylic acids is 1. The van der Waals surface area contributed by atoms with E-state index in [9.17, 15) is 4.79 Å². The average Bonchev–Trinajstić information content (AvgIpc) is 2.63. The van der Waals surface area contributed by atoms with Crippen molar-refractivity contribution in [2.45, 2.75) is 39.8 Å². The molecule has 0 unspecified atom stereocenters. The van der Waals surface area contributed by atoms with Crippen molar-refractivity contribution in [1.29, 1.82) is 0 Å². The van der Waals surface area contributed by atoms with Gasteiger partial charge < -0.3 is 19.7 Å². The lowest BCUT2D eigenvalue weighted by atomic mass is 10.1. The van der Waals surface area contributed by atoms with Gasteiger partial charge in [0.15, 0.2) is 11.5 Å². The summed E-state index contributed by atoms with van der Waals surface area (Å²) in [5.74, 6) is 1.35. The first-order valence-electron chi connectivity index (χ1n) is 9.17. The summed E-state index contributed by atoms with van der Waals surface area (Å²) in [5.41, 5.74) is 2.85. The minimum Gasteiger partial charge on any atom is -0.493 e. The molecule has 0 bridgehead atoms. The van der Waals surface area contributed by atoms with Crippen LogP contribution >= 0.6 is 0 Å². The van der Waals surface area contributed by atoms with Crippen LogP contribution in [0.4, 0.5) is 4.79 Å². The Morgan fingerprint density at radius 1 is 1.26 bits per heavy atom. The number of nitrogens with zero attached hydrogens (tertiary/aromatic N) is 2. The van der Waals surface area contributed by atoms with Crippen LogP contribution in [-0.4, -0.2) is 42.7 Å². The summed E-state index contributed by atoms with van der Waals surface area (Å²) in [5, 5.41) is 3.02.